The Morgan fingerprint density at radius 1 is 0.933 bits per heavy atom. The first kappa shape index (κ1) is 21.2. The fourth-order valence-electron chi connectivity index (χ4n) is 6.06. The summed E-state index contributed by atoms with van der Waals surface area (Å²) in [5, 5.41) is 2.87. The molecule has 0 heterocycles. The molecule has 3 N–H and O–H groups in total. The summed E-state index contributed by atoms with van der Waals surface area (Å²) in [7, 11) is 0. The molecule has 0 unspecified atom stereocenters. The predicted molar refractivity (Wildman–Crippen MR) is 119 cm³/mol. The number of benzene rings is 1. The zero-order valence-corrected chi connectivity index (χ0v) is 18.6. The van der Waals surface area contributed by atoms with Crippen molar-refractivity contribution < 1.29 is 14.4 Å². The van der Waals surface area contributed by atoms with E-state index in [0.29, 0.717) is 17.8 Å². The number of hydrazine groups is 1. The minimum absolute atomic E-state index is 0.0208. The van der Waals surface area contributed by atoms with E-state index >= 15 is 0 Å². The van der Waals surface area contributed by atoms with Crippen LogP contribution in [-0.2, 0) is 14.4 Å². The number of hydrogen-bond acceptors (Lipinski definition) is 4. The van der Waals surface area contributed by atoms with Crippen molar-refractivity contribution in [2.24, 2.45) is 23.2 Å². The molecule has 4 fully saturated rings. The second-order valence-corrected chi connectivity index (χ2v) is 10.5. The van der Waals surface area contributed by atoms with Crippen molar-refractivity contribution in [1.29, 1.82) is 0 Å². The highest BCUT2D eigenvalue weighted by molar-refractivity contribution is 8.00. The van der Waals surface area contributed by atoms with Gasteiger partial charge in [0, 0.05) is 5.69 Å². The number of hydrogen-bond donors (Lipinski definition) is 3. The minimum Gasteiger partial charge on any atom is -0.325 e. The van der Waals surface area contributed by atoms with Gasteiger partial charge in [0.25, 0.3) is 0 Å². The van der Waals surface area contributed by atoms with Crippen LogP contribution < -0.4 is 16.2 Å². The fraction of sp³-hybridized carbons (Fsp3) is 0.609. The molecule has 162 valence electrons. The molecule has 0 atom stereocenters. The number of aryl methyl sites for hydroxylation is 2. The summed E-state index contributed by atoms with van der Waals surface area (Å²) in [6.07, 6.45) is 6.73. The molecule has 5 rings (SSSR count). The lowest BCUT2D eigenvalue weighted by Crippen LogP contribution is -2.56. The summed E-state index contributed by atoms with van der Waals surface area (Å²) in [6, 6.07) is 5.86. The van der Waals surface area contributed by atoms with E-state index < -0.39 is 0 Å². The molecule has 4 bridgehead atoms. The van der Waals surface area contributed by atoms with Crippen LogP contribution >= 0.6 is 11.8 Å². The fourth-order valence-corrected chi connectivity index (χ4v) is 6.68. The number of thioether (sulfide) groups is 1. The number of anilines is 1. The van der Waals surface area contributed by atoms with E-state index in [1.165, 1.54) is 31.0 Å². The Bertz CT molecular complexity index is 819. The summed E-state index contributed by atoms with van der Waals surface area (Å²) in [5.74, 6) is 1.92. The van der Waals surface area contributed by atoms with Crippen LogP contribution in [0.4, 0.5) is 5.69 Å². The van der Waals surface area contributed by atoms with Crippen LogP contribution in [0.2, 0.25) is 0 Å². The summed E-state index contributed by atoms with van der Waals surface area (Å²) < 4.78 is 0. The van der Waals surface area contributed by atoms with Gasteiger partial charge in [0.2, 0.25) is 17.7 Å². The predicted octanol–water partition coefficient (Wildman–Crippen LogP) is 3.34. The Morgan fingerprint density at radius 2 is 1.53 bits per heavy atom. The Balaban J connectivity index is 1.17. The normalized spacial score (nSPS) is 28.8. The largest absolute Gasteiger partial charge is 0.325 e. The smallest absolute Gasteiger partial charge is 0.248 e. The quantitative estimate of drug-likeness (QED) is 0.605. The molecule has 0 radical (unpaired) electrons. The maximum Gasteiger partial charge on any atom is 0.248 e. The average molecular weight is 430 g/mol. The van der Waals surface area contributed by atoms with Crippen LogP contribution in [0, 0.1) is 37.0 Å². The highest BCUT2D eigenvalue weighted by Gasteiger charge is 2.54. The van der Waals surface area contributed by atoms with Crippen LogP contribution in [0.5, 0.6) is 0 Å². The van der Waals surface area contributed by atoms with Crippen LogP contribution in [-0.4, -0.2) is 29.2 Å². The lowest BCUT2D eigenvalue weighted by atomic mass is 9.49. The van der Waals surface area contributed by atoms with E-state index in [0.717, 1.165) is 36.1 Å². The molecule has 1 aromatic rings. The van der Waals surface area contributed by atoms with Gasteiger partial charge in [-0.3, -0.25) is 25.2 Å². The molecule has 0 aliphatic heterocycles. The first-order valence-electron chi connectivity index (χ1n) is 10.9. The van der Waals surface area contributed by atoms with Gasteiger partial charge in [-0.15, -0.1) is 11.8 Å². The molecule has 0 saturated heterocycles. The van der Waals surface area contributed by atoms with Crippen molar-refractivity contribution in [3.05, 3.63) is 29.3 Å². The highest BCUT2D eigenvalue weighted by Crippen LogP contribution is 2.60. The molecule has 3 amide bonds. The maximum absolute atomic E-state index is 12.8. The monoisotopic (exact) mass is 429 g/mol. The van der Waals surface area contributed by atoms with Gasteiger partial charge >= 0.3 is 0 Å². The van der Waals surface area contributed by atoms with E-state index in [4.69, 9.17) is 0 Å². The molecule has 6 nitrogen and oxygen atoms in total. The van der Waals surface area contributed by atoms with Crippen LogP contribution in [0.25, 0.3) is 0 Å². The van der Waals surface area contributed by atoms with Crippen molar-refractivity contribution >= 4 is 35.2 Å². The molecular weight excluding hydrogens is 398 g/mol. The zero-order valence-electron chi connectivity index (χ0n) is 17.8. The van der Waals surface area contributed by atoms with Crippen LogP contribution in [0.3, 0.4) is 0 Å². The zero-order chi connectivity index (χ0) is 21.3. The summed E-state index contributed by atoms with van der Waals surface area (Å²) in [5.41, 5.74) is 7.90. The van der Waals surface area contributed by atoms with Crippen molar-refractivity contribution in [1.82, 2.24) is 10.9 Å². The van der Waals surface area contributed by atoms with Crippen molar-refractivity contribution in [3.63, 3.8) is 0 Å². The SMILES string of the molecule is Cc1ccc(NC(=O)CSCC(=O)NNC(=O)C23CC4CC(CC(C4)C2)C3)c(C)c1. The number of rotatable bonds is 6. The van der Waals surface area contributed by atoms with Gasteiger partial charge in [-0.1, -0.05) is 17.7 Å². The Morgan fingerprint density at radius 3 is 2.13 bits per heavy atom. The maximum atomic E-state index is 12.8. The molecule has 1 aromatic carbocycles. The molecule has 30 heavy (non-hydrogen) atoms. The van der Waals surface area contributed by atoms with E-state index in [1.54, 1.807) is 0 Å². The van der Waals surface area contributed by atoms with E-state index in [2.05, 4.69) is 16.2 Å². The Labute approximate surface area is 182 Å². The third-order valence-electron chi connectivity index (χ3n) is 6.96. The van der Waals surface area contributed by atoms with E-state index in [1.807, 2.05) is 32.0 Å². The van der Waals surface area contributed by atoms with Crippen LogP contribution in [0.15, 0.2) is 18.2 Å². The second-order valence-electron chi connectivity index (χ2n) is 9.56. The molecule has 0 spiro atoms. The third-order valence-corrected chi connectivity index (χ3v) is 7.89. The van der Waals surface area contributed by atoms with Gasteiger partial charge in [0.15, 0.2) is 0 Å². The number of nitrogens with one attached hydrogen (secondary N) is 3. The molecule has 4 saturated carbocycles. The van der Waals surface area contributed by atoms with E-state index in [9.17, 15) is 14.4 Å². The van der Waals surface area contributed by atoms with Gasteiger partial charge in [-0.05, 0) is 81.8 Å². The number of carbonyl (C=O) groups excluding carboxylic acids is 3. The summed E-state index contributed by atoms with van der Waals surface area (Å²) >= 11 is 1.23. The topological polar surface area (TPSA) is 87.3 Å². The molecule has 4 aliphatic rings. The Hall–Kier alpha value is -2.02. The minimum atomic E-state index is -0.280. The lowest BCUT2D eigenvalue weighted by Gasteiger charge is -2.55. The molecule has 4 aliphatic carbocycles. The molecular formula is C23H31N3O3S. The Kier molecular flexibility index (Phi) is 6.09. The highest BCUT2D eigenvalue weighted by atomic mass is 32.2. The van der Waals surface area contributed by atoms with Gasteiger partial charge in [0.05, 0.1) is 16.9 Å². The first-order valence-corrected chi connectivity index (χ1v) is 12.0. The average Bonchev–Trinajstić information content (AvgIpc) is 2.67. The first-order chi connectivity index (χ1) is 14.3. The summed E-state index contributed by atoms with van der Waals surface area (Å²) in [4.78, 5) is 37.1. The molecule has 0 aromatic heterocycles. The number of carbonyl (C=O) groups is 3. The van der Waals surface area contributed by atoms with Crippen molar-refractivity contribution in [2.45, 2.75) is 52.4 Å². The lowest BCUT2D eigenvalue weighted by molar-refractivity contribution is -0.148. The van der Waals surface area contributed by atoms with Gasteiger partial charge in [-0.25, -0.2) is 0 Å². The molecule has 7 heteroatoms. The standard InChI is InChI=1S/C23H31N3O3S/c1-14-3-4-19(15(2)5-14)24-20(27)12-30-13-21(28)25-26-22(29)23-9-16-6-17(10-23)8-18(7-16)11-23/h3-5,16-18H,6-13H2,1-2H3,(H,24,27)(H,25,28)(H,26,29). The number of amides is 3. The van der Waals surface area contributed by atoms with Gasteiger partial charge in [-0.2, -0.15) is 0 Å². The van der Waals surface area contributed by atoms with E-state index in [-0.39, 0.29) is 34.6 Å². The summed E-state index contributed by atoms with van der Waals surface area (Å²) in [6.45, 7) is 3.96. The third kappa shape index (κ3) is 4.66. The second kappa shape index (κ2) is 8.61. The van der Waals surface area contributed by atoms with Gasteiger partial charge < -0.3 is 5.32 Å². The van der Waals surface area contributed by atoms with Gasteiger partial charge in [0.1, 0.15) is 0 Å². The van der Waals surface area contributed by atoms with Crippen LogP contribution in [0.1, 0.15) is 49.7 Å². The van der Waals surface area contributed by atoms with Crippen molar-refractivity contribution in [3.8, 4) is 0 Å². The van der Waals surface area contributed by atoms with Crippen molar-refractivity contribution in [2.75, 3.05) is 16.8 Å².